The van der Waals surface area contributed by atoms with E-state index in [-0.39, 0.29) is 16.7 Å². The van der Waals surface area contributed by atoms with Crippen molar-refractivity contribution in [3.63, 3.8) is 0 Å². The van der Waals surface area contributed by atoms with Crippen LogP contribution in [0.2, 0.25) is 0 Å². The van der Waals surface area contributed by atoms with E-state index < -0.39 is 17.2 Å². The molecule has 0 saturated carbocycles. The minimum Gasteiger partial charge on any atom is -0.321 e. The van der Waals surface area contributed by atoms with E-state index in [1.165, 1.54) is 30.8 Å². The summed E-state index contributed by atoms with van der Waals surface area (Å²) < 4.78 is 3.38. The number of para-hydroxylation sites is 1. The van der Waals surface area contributed by atoms with E-state index in [1.807, 2.05) is 36.4 Å². The molecule has 3 aromatic heterocycles. The fourth-order valence-corrected chi connectivity index (χ4v) is 4.44. The maximum absolute atomic E-state index is 12.7. The van der Waals surface area contributed by atoms with E-state index in [0.29, 0.717) is 5.69 Å². The van der Waals surface area contributed by atoms with E-state index in [9.17, 15) is 14.4 Å². The second-order valence-electron chi connectivity index (χ2n) is 7.29. The number of hydrogen-bond donors (Lipinski definition) is 1. The van der Waals surface area contributed by atoms with Crippen LogP contribution in [0.15, 0.2) is 70.3 Å². The van der Waals surface area contributed by atoms with E-state index in [1.54, 1.807) is 23.5 Å². The number of thiazole rings is 1. The van der Waals surface area contributed by atoms with Gasteiger partial charge in [0.05, 0.1) is 15.6 Å². The minimum absolute atomic E-state index is 0.107. The lowest BCUT2D eigenvalue weighted by molar-refractivity contribution is 0.102. The monoisotopic (exact) mass is 443 g/mol. The Labute approximate surface area is 185 Å². The van der Waals surface area contributed by atoms with Crippen molar-refractivity contribution in [1.82, 2.24) is 19.1 Å². The zero-order valence-electron chi connectivity index (χ0n) is 17.2. The molecule has 1 amide bonds. The third-order valence-corrected chi connectivity index (χ3v) is 6.30. The highest BCUT2D eigenvalue weighted by Gasteiger charge is 2.14. The highest BCUT2D eigenvalue weighted by Crippen LogP contribution is 2.30. The third kappa shape index (κ3) is 3.28. The van der Waals surface area contributed by atoms with Crippen LogP contribution in [0.1, 0.15) is 10.5 Å². The average molecular weight is 443 g/mol. The molecule has 2 aromatic carbocycles. The molecule has 0 atom stereocenters. The first kappa shape index (κ1) is 19.8. The van der Waals surface area contributed by atoms with Crippen LogP contribution in [0.4, 0.5) is 5.69 Å². The summed E-state index contributed by atoms with van der Waals surface area (Å²) in [6.07, 6.45) is 0. The van der Waals surface area contributed by atoms with Crippen molar-refractivity contribution in [2.45, 2.75) is 0 Å². The number of hydrogen-bond acceptors (Lipinski definition) is 6. The Kier molecular flexibility index (Phi) is 4.67. The van der Waals surface area contributed by atoms with Crippen LogP contribution in [-0.4, -0.2) is 25.0 Å². The molecule has 0 radical (unpaired) electrons. The van der Waals surface area contributed by atoms with Gasteiger partial charge in [-0.3, -0.25) is 18.7 Å². The van der Waals surface area contributed by atoms with Crippen LogP contribution in [-0.2, 0) is 14.1 Å². The van der Waals surface area contributed by atoms with Crippen molar-refractivity contribution in [2.75, 3.05) is 5.32 Å². The molecule has 5 aromatic rings. The van der Waals surface area contributed by atoms with Crippen LogP contribution >= 0.6 is 11.3 Å². The molecule has 0 bridgehead atoms. The molecular formula is C23H17N5O3S. The third-order valence-electron chi connectivity index (χ3n) is 5.22. The lowest BCUT2D eigenvalue weighted by Crippen LogP contribution is -2.37. The Morgan fingerprint density at radius 2 is 1.66 bits per heavy atom. The number of carbonyl (C=O) groups excluding carboxylic acids is 1. The standard InChI is InChI=1S/C23H17N5O3S/c1-27-19-15(22(30)28(2)23(27)31)11-12-17(25-19)20(29)24-14-9-7-13(8-10-14)21-26-16-5-3-4-6-18(16)32-21/h3-12H,1-2H3,(H,24,29). The quantitative estimate of drug-likeness (QED) is 0.462. The molecule has 0 aliphatic carbocycles. The van der Waals surface area contributed by atoms with Crippen LogP contribution in [0.25, 0.3) is 31.8 Å². The van der Waals surface area contributed by atoms with Gasteiger partial charge in [0.1, 0.15) is 16.3 Å². The number of pyridine rings is 1. The Morgan fingerprint density at radius 3 is 2.41 bits per heavy atom. The largest absolute Gasteiger partial charge is 0.332 e. The van der Waals surface area contributed by atoms with Crippen molar-refractivity contribution < 1.29 is 4.79 Å². The molecule has 5 rings (SSSR count). The van der Waals surface area contributed by atoms with Crippen molar-refractivity contribution in [3.05, 3.63) is 87.2 Å². The zero-order valence-corrected chi connectivity index (χ0v) is 18.0. The molecule has 32 heavy (non-hydrogen) atoms. The number of carbonyl (C=O) groups is 1. The Balaban J connectivity index is 1.42. The number of nitrogens with zero attached hydrogens (tertiary/aromatic N) is 4. The minimum atomic E-state index is -0.502. The molecule has 0 spiro atoms. The number of nitrogens with one attached hydrogen (secondary N) is 1. The lowest BCUT2D eigenvalue weighted by atomic mass is 10.2. The number of aromatic nitrogens is 4. The molecular weight excluding hydrogens is 426 g/mol. The predicted molar refractivity (Wildman–Crippen MR) is 125 cm³/mol. The van der Waals surface area contributed by atoms with Crippen molar-refractivity contribution in [3.8, 4) is 10.6 Å². The first-order valence-corrected chi connectivity index (χ1v) is 10.6. The Bertz CT molecular complexity index is 1600. The van der Waals surface area contributed by atoms with Gasteiger partial charge < -0.3 is 5.32 Å². The van der Waals surface area contributed by atoms with Gasteiger partial charge in [-0.15, -0.1) is 11.3 Å². The van der Waals surface area contributed by atoms with Gasteiger partial charge in [0, 0.05) is 25.3 Å². The summed E-state index contributed by atoms with van der Waals surface area (Å²) in [5.74, 6) is -0.437. The second-order valence-corrected chi connectivity index (χ2v) is 8.32. The van der Waals surface area contributed by atoms with E-state index in [4.69, 9.17) is 0 Å². The first-order valence-electron chi connectivity index (χ1n) is 9.76. The number of benzene rings is 2. The van der Waals surface area contributed by atoms with Gasteiger partial charge in [-0.1, -0.05) is 12.1 Å². The number of amides is 1. The molecule has 3 heterocycles. The number of fused-ring (bicyclic) bond motifs is 2. The van der Waals surface area contributed by atoms with Crippen LogP contribution in [0, 0.1) is 0 Å². The molecule has 0 aliphatic rings. The summed E-state index contributed by atoms with van der Waals surface area (Å²) in [5.41, 5.74) is 1.83. The van der Waals surface area contributed by atoms with Gasteiger partial charge >= 0.3 is 5.69 Å². The molecule has 0 saturated heterocycles. The molecule has 0 fully saturated rings. The Morgan fingerprint density at radius 1 is 0.906 bits per heavy atom. The maximum Gasteiger partial charge on any atom is 0.332 e. The van der Waals surface area contributed by atoms with Crippen LogP contribution < -0.4 is 16.6 Å². The van der Waals surface area contributed by atoms with Crippen molar-refractivity contribution in [1.29, 1.82) is 0 Å². The molecule has 1 N–H and O–H groups in total. The Hall–Kier alpha value is -4.11. The van der Waals surface area contributed by atoms with Gasteiger partial charge in [-0.2, -0.15) is 0 Å². The van der Waals surface area contributed by atoms with Crippen molar-refractivity contribution >= 4 is 44.2 Å². The fraction of sp³-hybridized carbons (Fsp3) is 0.0870. The average Bonchev–Trinajstić information content (AvgIpc) is 3.26. The molecule has 9 heteroatoms. The maximum atomic E-state index is 12.7. The summed E-state index contributed by atoms with van der Waals surface area (Å²) in [6, 6.07) is 18.3. The number of anilines is 1. The SMILES string of the molecule is Cn1c(=O)c2ccc(C(=O)Nc3ccc(-c4nc5ccccc5s4)cc3)nc2n(C)c1=O. The molecule has 0 aliphatic heterocycles. The molecule has 8 nitrogen and oxygen atoms in total. The normalized spacial score (nSPS) is 11.2. The topological polar surface area (TPSA) is 98.9 Å². The zero-order chi connectivity index (χ0) is 22.4. The lowest BCUT2D eigenvalue weighted by Gasteiger charge is -2.09. The smallest absolute Gasteiger partial charge is 0.321 e. The predicted octanol–water partition coefficient (Wildman–Crippen LogP) is 3.16. The van der Waals surface area contributed by atoms with Gasteiger partial charge in [0.15, 0.2) is 0 Å². The summed E-state index contributed by atoms with van der Waals surface area (Å²) in [5, 5.41) is 3.97. The first-order chi connectivity index (χ1) is 15.4. The number of rotatable bonds is 3. The van der Waals surface area contributed by atoms with Crippen LogP contribution in [0.5, 0.6) is 0 Å². The van der Waals surface area contributed by atoms with Crippen LogP contribution in [0.3, 0.4) is 0 Å². The fourth-order valence-electron chi connectivity index (χ4n) is 3.47. The van der Waals surface area contributed by atoms with Crippen molar-refractivity contribution in [2.24, 2.45) is 14.1 Å². The second kappa shape index (κ2) is 7.54. The molecule has 0 unspecified atom stereocenters. The van der Waals surface area contributed by atoms with E-state index in [2.05, 4.69) is 15.3 Å². The van der Waals surface area contributed by atoms with E-state index in [0.717, 1.165) is 25.4 Å². The number of aryl methyl sites for hydroxylation is 1. The summed E-state index contributed by atoms with van der Waals surface area (Å²) in [6.45, 7) is 0. The van der Waals surface area contributed by atoms with Gasteiger partial charge in [-0.25, -0.2) is 14.8 Å². The molecule has 158 valence electrons. The summed E-state index contributed by atoms with van der Waals surface area (Å²) in [7, 11) is 2.92. The summed E-state index contributed by atoms with van der Waals surface area (Å²) in [4.78, 5) is 46.1. The van der Waals surface area contributed by atoms with Gasteiger partial charge in [-0.05, 0) is 48.5 Å². The summed E-state index contributed by atoms with van der Waals surface area (Å²) >= 11 is 1.61. The highest BCUT2D eigenvalue weighted by atomic mass is 32.1. The van der Waals surface area contributed by atoms with E-state index >= 15 is 0 Å². The van der Waals surface area contributed by atoms with Gasteiger partial charge in [0.2, 0.25) is 0 Å². The highest BCUT2D eigenvalue weighted by molar-refractivity contribution is 7.21. The van der Waals surface area contributed by atoms with Gasteiger partial charge in [0.25, 0.3) is 11.5 Å².